The van der Waals surface area contributed by atoms with Gasteiger partial charge in [-0.25, -0.2) is 9.98 Å². The summed E-state index contributed by atoms with van der Waals surface area (Å²) in [6.07, 6.45) is 3.59. The van der Waals surface area contributed by atoms with Crippen LogP contribution >= 0.6 is 11.3 Å². The first-order valence-corrected chi connectivity index (χ1v) is 10.1. The van der Waals surface area contributed by atoms with E-state index in [-0.39, 0.29) is 0 Å². The molecular weight excluding hydrogens is 318 g/mol. The second-order valence-electron chi connectivity index (χ2n) is 6.07. The Morgan fingerprint density at radius 1 is 1.08 bits per heavy atom. The van der Waals surface area contributed by atoms with E-state index in [2.05, 4.69) is 60.1 Å². The largest absolute Gasteiger partial charge is 0.357 e. The lowest BCUT2D eigenvalue weighted by Crippen LogP contribution is -2.39. The molecule has 0 saturated carbocycles. The van der Waals surface area contributed by atoms with E-state index < -0.39 is 0 Å². The minimum Gasteiger partial charge on any atom is -0.357 e. The molecule has 0 saturated heterocycles. The highest BCUT2D eigenvalue weighted by Crippen LogP contribution is 2.16. The van der Waals surface area contributed by atoms with Crippen LogP contribution in [0.4, 0.5) is 0 Å². The zero-order valence-corrected chi connectivity index (χ0v) is 16.9. The fraction of sp³-hybridized carbons (Fsp3) is 0.778. The smallest absolute Gasteiger partial charge is 0.191 e. The molecule has 0 atom stereocenters. The van der Waals surface area contributed by atoms with E-state index in [0.717, 1.165) is 42.7 Å². The van der Waals surface area contributed by atoms with Crippen molar-refractivity contribution < 1.29 is 0 Å². The number of aliphatic imine (C=N–C) groups is 1. The van der Waals surface area contributed by atoms with Gasteiger partial charge in [0.1, 0.15) is 5.01 Å². The number of guanidine groups is 1. The summed E-state index contributed by atoms with van der Waals surface area (Å²) in [4.78, 5) is 13.0. The van der Waals surface area contributed by atoms with Crippen molar-refractivity contribution in [1.29, 1.82) is 0 Å². The molecule has 1 aromatic heterocycles. The molecule has 2 N–H and O–H groups in total. The summed E-state index contributed by atoms with van der Waals surface area (Å²) in [6.45, 7) is 16.8. The van der Waals surface area contributed by atoms with Crippen LogP contribution in [0, 0.1) is 13.8 Å². The number of rotatable bonds is 11. The van der Waals surface area contributed by atoms with Crippen molar-refractivity contribution in [2.45, 2.75) is 60.4 Å². The normalized spacial score (nSPS) is 12.0. The van der Waals surface area contributed by atoms with E-state index >= 15 is 0 Å². The maximum atomic E-state index is 4.66. The third-order valence-corrected chi connectivity index (χ3v) is 4.87. The SMILES string of the molecule is CCCN(CCC)CCCNC(=NCc1nc(C)c(C)s1)NCC. The number of hydrogen-bond acceptors (Lipinski definition) is 4. The lowest BCUT2D eigenvalue weighted by molar-refractivity contribution is 0.271. The summed E-state index contributed by atoms with van der Waals surface area (Å²) in [5.41, 5.74) is 1.12. The van der Waals surface area contributed by atoms with Gasteiger partial charge >= 0.3 is 0 Å². The monoisotopic (exact) mass is 353 g/mol. The van der Waals surface area contributed by atoms with Crippen LogP contribution in [-0.2, 0) is 6.54 Å². The topological polar surface area (TPSA) is 52.5 Å². The Bertz CT molecular complexity index is 458. The molecule has 0 aliphatic rings. The molecule has 0 radical (unpaired) electrons. The Balaban J connectivity index is 2.40. The van der Waals surface area contributed by atoms with Crippen molar-refractivity contribution in [3.63, 3.8) is 0 Å². The zero-order chi connectivity index (χ0) is 17.8. The molecule has 0 unspecified atom stereocenters. The van der Waals surface area contributed by atoms with Crippen LogP contribution in [0.3, 0.4) is 0 Å². The fourth-order valence-corrected chi connectivity index (χ4v) is 3.43. The first-order valence-electron chi connectivity index (χ1n) is 9.28. The highest BCUT2D eigenvalue weighted by Gasteiger charge is 2.05. The number of aromatic nitrogens is 1. The van der Waals surface area contributed by atoms with Gasteiger partial charge in [0.15, 0.2) is 5.96 Å². The standard InChI is InChI=1S/C18H35N5S/c1-6-11-23(12-7-2)13-9-10-20-18(19-8-3)21-14-17-22-15(4)16(5)24-17/h6-14H2,1-5H3,(H2,19,20,21). The number of hydrogen-bond donors (Lipinski definition) is 2. The van der Waals surface area contributed by atoms with Crippen molar-refractivity contribution in [3.8, 4) is 0 Å². The van der Waals surface area contributed by atoms with E-state index in [1.54, 1.807) is 11.3 Å². The molecule has 24 heavy (non-hydrogen) atoms. The molecule has 1 aromatic rings. The van der Waals surface area contributed by atoms with Gasteiger partial charge in [0.05, 0.1) is 12.2 Å². The quantitative estimate of drug-likeness (QED) is 0.364. The van der Waals surface area contributed by atoms with Gasteiger partial charge in [-0.1, -0.05) is 13.8 Å². The van der Waals surface area contributed by atoms with Crippen LogP contribution in [-0.4, -0.2) is 48.6 Å². The fourth-order valence-electron chi connectivity index (χ4n) is 2.57. The number of nitrogens with one attached hydrogen (secondary N) is 2. The molecule has 0 aliphatic heterocycles. The third-order valence-electron chi connectivity index (χ3n) is 3.81. The first kappa shape index (κ1) is 20.9. The van der Waals surface area contributed by atoms with E-state index in [1.165, 1.54) is 30.8 Å². The van der Waals surface area contributed by atoms with Gasteiger partial charge in [0.25, 0.3) is 0 Å². The van der Waals surface area contributed by atoms with E-state index in [0.29, 0.717) is 6.54 Å². The van der Waals surface area contributed by atoms with Gasteiger partial charge in [-0.15, -0.1) is 11.3 Å². The van der Waals surface area contributed by atoms with Gasteiger partial charge < -0.3 is 15.5 Å². The minimum atomic E-state index is 0.645. The Kier molecular flexibility index (Phi) is 10.7. The molecule has 5 nitrogen and oxygen atoms in total. The van der Waals surface area contributed by atoms with Crippen LogP contribution in [0.1, 0.15) is 55.6 Å². The van der Waals surface area contributed by atoms with Crippen molar-refractivity contribution >= 4 is 17.3 Å². The number of thiazole rings is 1. The first-order chi connectivity index (χ1) is 11.6. The van der Waals surface area contributed by atoms with Crippen LogP contribution < -0.4 is 10.6 Å². The summed E-state index contributed by atoms with van der Waals surface area (Å²) in [6, 6.07) is 0. The zero-order valence-electron chi connectivity index (χ0n) is 16.1. The summed E-state index contributed by atoms with van der Waals surface area (Å²) >= 11 is 1.74. The molecule has 0 amide bonds. The maximum Gasteiger partial charge on any atom is 0.191 e. The molecule has 6 heteroatoms. The van der Waals surface area contributed by atoms with Crippen molar-refractivity contribution in [1.82, 2.24) is 20.5 Å². The third kappa shape index (κ3) is 8.11. The van der Waals surface area contributed by atoms with E-state index in [1.807, 2.05) is 0 Å². The molecule has 0 spiro atoms. The lowest BCUT2D eigenvalue weighted by atomic mass is 10.3. The van der Waals surface area contributed by atoms with Crippen molar-refractivity contribution in [2.75, 3.05) is 32.7 Å². The number of aryl methyl sites for hydroxylation is 2. The van der Waals surface area contributed by atoms with Gasteiger partial charge in [-0.3, -0.25) is 0 Å². The average Bonchev–Trinajstić information content (AvgIpc) is 2.87. The molecule has 1 rings (SSSR count). The Morgan fingerprint density at radius 2 is 1.79 bits per heavy atom. The molecular formula is C18H35N5S. The summed E-state index contributed by atoms with van der Waals surface area (Å²) < 4.78 is 0. The second kappa shape index (κ2) is 12.3. The van der Waals surface area contributed by atoms with Crippen LogP contribution in [0.25, 0.3) is 0 Å². The Labute approximate surface area is 152 Å². The molecule has 0 aliphatic carbocycles. The highest BCUT2D eigenvalue weighted by atomic mass is 32.1. The summed E-state index contributed by atoms with van der Waals surface area (Å²) in [5, 5.41) is 7.84. The average molecular weight is 354 g/mol. The highest BCUT2D eigenvalue weighted by molar-refractivity contribution is 7.11. The van der Waals surface area contributed by atoms with Gasteiger partial charge in [-0.05, 0) is 59.7 Å². The lowest BCUT2D eigenvalue weighted by Gasteiger charge is -2.21. The van der Waals surface area contributed by atoms with Crippen molar-refractivity contribution in [3.05, 3.63) is 15.6 Å². The maximum absolute atomic E-state index is 4.66. The van der Waals surface area contributed by atoms with Crippen molar-refractivity contribution in [2.24, 2.45) is 4.99 Å². The predicted octanol–water partition coefficient (Wildman–Crippen LogP) is 3.33. The molecule has 0 aromatic carbocycles. The van der Waals surface area contributed by atoms with Gasteiger partial charge in [0.2, 0.25) is 0 Å². The molecule has 1 heterocycles. The predicted molar refractivity (Wildman–Crippen MR) is 106 cm³/mol. The van der Waals surface area contributed by atoms with E-state index in [9.17, 15) is 0 Å². The Hall–Kier alpha value is -1.14. The van der Waals surface area contributed by atoms with Crippen LogP contribution in [0.2, 0.25) is 0 Å². The molecule has 138 valence electrons. The van der Waals surface area contributed by atoms with Gasteiger partial charge in [0, 0.05) is 18.0 Å². The number of nitrogens with zero attached hydrogens (tertiary/aromatic N) is 3. The summed E-state index contributed by atoms with van der Waals surface area (Å²) in [5.74, 6) is 0.889. The van der Waals surface area contributed by atoms with Crippen LogP contribution in [0.5, 0.6) is 0 Å². The second-order valence-corrected chi connectivity index (χ2v) is 7.35. The summed E-state index contributed by atoms with van der Waals surface area (Å²) in [7, 11) is 0. The molecule has 0 fully saturated rings. The van der Waals surface area contributed by atoms with E-state index in [4.69, 9.17) is 0 Å². The van der Waals surface area contributed by atoms with Gasteiger partial charge in [-0.2, -0.15) is 0 Å². The molecule has 0 bridgehead atoms. The minimum absolute atomic E-state index is 0.645. The Morgan fingerprint density at radius 3 is 2.33 bits per heavy atom. The van der Waals surface area contributed by atoms with Crippen LogP contribution in [0.15, 0.2) is 4.99 Å².